The van der Waals surface area contributed by atoms with Crippen LogP contribution in [-0.4, -0.2) is 30.4 Å². The number of aryl methyl sites for hydroxylation is 3. The van der Waals surface area contributed by atoms with E-state index in [4.69, 9.17) is 14.5 Å². The standard InChI is InChI=1S/C32H31N3O3S/c1-19-7-10-23(11-8-19)28-17-26(24-12-14-29(37-5)30(16-24)38-6)27(18-33)32(35-28)39-22(4)31(36)34-25-13-9-20(2)21(3)15-25/h7-17,22H,1-6H3,(H,34,36)/t22-/m1/s1. The molecule has 7 heteroatoms. The zero-order valence-electron chi connectivity index (χ0n) is 23.0. The Morgan fingerprint density at radius 1 is 0.897 bits per heavy atom. The summed E-state index contributed by atoms with van der Waals surface area (Å²) in [5, 5.41) is 13.2. The lowest BCUT2D eigenvalue weighted by Crippen LogP contribution is -2.22. The van der Waals surface area contributed by atoms with E-state index in [0.29, 0.717) is 33.3 Å². The number of rotatable bonds is 8. The van der Waals surface area contributed by atoms with Crippen LogP contribution in [0.3, 0.4) is 0 Å². The number of hydrogen-bond acceptors (Lipinski definition) is 6. The number of carbonyl (C=O) groups is 1. The number of hydrogen-bond donors (Lipinski definition) is 1. The van der Waals surface area contributed by atoms with Crippen LogP contribution in [0.1, 0.15) is 29.2 Å². The molecule has 1 aromatic heterocycles. The SMILES string of the molecule is COc1ccc(-c2cc(-c3ccc(C)cc3)nc(S[C@H](C)C(=O)Nc3ccc(C)c(C)c3)c2C#N)cc1OC. The number of pyridine rings is 1. The first-order valence-corrected chi connectivity index (χ1v) is 13.4. The van der Waals surface area contributed by atoms with Crippen LogP contribution in [0.4, 0.5) is 5.69 Å². The van der Waals surface area contributed by atoms with Crippen molar-refractivity contribution in [1.29, 1.82) is 5.26 Å². The molecular formula is C32H31N3O3S. The fourth-order valence-corrected chi connectivity index (χ4v) is 5.03. The maximum absolute atomic E-state index is 13.1. The van der Waals surface area contributed by atoms with Gasteiger partial charge in [0, 0.05) is 16.8 Å². The molecule has 4 aromatic rings. The highest BCUT2D eigenvalue weighted by Crippen LogP contribution is 2.39. The Morgan fingerprint density at radius 3 is 2.23 bits per heavy atom. The summed E-state index contributed by atoms with van der Waals surface area (Å²) in [6, 6.07) is 23.7. The van der Waals surface area contributed by atoms with Crippen molar-refractivity contribution < 1.29 is 14.3 Å². The number of anilines is 1. The molecule has 0 saturated carbocycles. The molecule has 1 heterocycles. The van der Waals surface area contributed by atoms with E-state index in [1.165, 1.54) is 11.8 Å². The summed E-state index contributed by atoms with van der Waals surface area (Å²) in [4.78, 5) is 18.0. The number of carbonyl (C=O) groups excluding carboxylic acids is 1. The number of amides is 1. The fraction of sp³-hybridized carbons (Fsp3) is 0.219. The third-order valence-electron chi connectivity index (χ3n) is 6.57. The number of nitrogens with zero attached hydrogens (tertiary/aromatic N) is 2. The van der Waals surface area contributed by atoms with E-state index in [-0.39, 0.29) is 5.91 Å². The molecular weight excluding hydrogens is 506 g/mol. The molecule has 1 amide bonds. The lowest BCUT2D eigenvalue weighted by molar-refractivity contribution is -0.115. The van der Waals surface area contributed by atoms with Crippen molar-refractivity contribution in [2.75, 3.05) is 19.5 Å². The van der Waals surface area contributed by atoms with Crippen molar-refractivity contribution in [3.05, 3.63) is 89.0 Å². The van der Waals surface area contributed by atoms with Crippen molar-refractivity contribution in [3.8, 4) is 40.0 Å². The van der Waals surface area contributed by atoms with Crippen LogP contribution in [0.2, 0.25) is 0 Å². The van der Waals surface area contributed by atoms with Crippen molar-refractivity contribution in [1.82, 2.24) is 4.98 Å². The van der Waals surface area contributed by atoms with Crippen molar-refractivity contribution in [2.24, 2.45) is 0 Å². The Labute approximate surface area is 234 Å². The predicted octanol–water partition coefficient (Wildman–Crippen LogP) is 7.35. The average molecular weight is 538 g/mol. The van der Waals surface area contributed by atoms with E-state index in [1.807, 2.05) is 94.4 Å². The molecule has 0 saturated heterocycles. The molecule has 0 aliphatic heterocycles. The summed E-state index contributed by atoms with van der Waals surface area (Å²) in [5.41, 5.74) is 7.66. The topological polar surface area (TPSA) is 84.2 Å². The molecule has 1 atom stereocenters. The molecule has 39 heavy (non-hydrogen) atoms. The van der Waals surface area contributed by atoms with Crippen LogP contribution in [0.25, 0.3) is 22.4 Å². The largest absolute Gasteiger partial charge is 0.493 e. The van der Waals surface area contributed by atoms with Crippen LogP contribution in [0, 0.1) is 32.1 Å². The zero-order valence-corrected chi connectivity index (χ0v) is 23.8. The highest BCUT2D eigenvalue weighted by atomic mass is 32.2. The normalized spacial score (nSPS) is 11.4. The lowest BCUT2D eigenvalue weighted by Gasteiger charge is -2.17. The van der Waals surface area contributed by atoms with E-state index in [9.17, 15) is 10.1 Å². The number of aromatic nitrogens is 1. The van der Waals surface area contributed by atoms with Gasteiger partial charge in [-0.25, -0.2) is 4.98 Å². The third-order valence-corrected chi connectivity index (χ3v) is 7.66. The Hall–Kier alpha value is -4.28. The molecule has 1 N–H and O–H groups in total. The van der Waals surface area contributed by atoms with E-state index >= 15 is 0 Å². The first-order valence-electron chi connectivity index (χ1n) is 12.5. The molecule has 0 unspecified atom stereocenters. The molecule has 0 radical (unpaired) electrons. The number of ether oxygens (including phenoxy) is 2. The Kier molecular flexibility index (Phi) is 8.58. The Morgan fingerprint density at radius 2 is 1.59 bits per heavy atom. The van der Waals surface area contributed by atoms with E-state index in [0.717, 1.165) is 33.5 Å². The third kappa shape index (κ3) is 6.24. The fourth-order valence-electron chi connectivity index (χ4n) is 4.10. The van der Waals surface area contributed by atoms with Gasteiger partial charge in [-0.15, -0.1) is 0 Å². The highest BCUT2D eigenvalue weighted by molar-refractivity contribution is 8.00. The number of nitrogens with one attached hydrogen (secondary N) is 1. The van der Waals surface area contributed by atoms with Gasteiger partial charge in [-0.3, -0.25) is 4.79 Å². The molecule has 3 aromatic carbocycles. The summed E-state index contributed by atoms with van der Waals surface area (Å²) in [6.07, 6.45) is 0. The van der Waals surface area contributed by atoms with Crippen molar-refractivity contribution >= 4 is 23.4 Å². The minimum atomic E-state index is -0.502. The lowest BCUT2D eigenvalue weighted by atomic mass is 9.98. The van der Waals surface area contributed by atoms with Crippen molar-refractivity contribution in [2.45, 2.75) is 38.0 Å². The second-order valence-corrected chi connectivity index (χ2v) is 10.7. The molecule has 0 bridgehead atoms. The number of benzene rings is 3. The molecule has 0 aliphatic rings. The molecule has 0 fully saturated rings. The van der Waals surface area contributed by atoms with E-state index in [2.05, 4.69) is 11.4 Å². The molecule has 4 rings (SSSR count). The highest BCUT2D eigenvalue weighted by Gasteiger charge is 2.22. The summed E-state index contributed by atoms with van der Waals surface area (Å²) in [6.45, 7) is 7.89. The maximum atomic E-state index is 13.1. The van der Waals surface area contributed by atoms with Gasteiger partial charge in [-0.1, -0.05) is 53.7 Å². The zero-order chi connectivity index (χ0) is 28.1. The van der Waals surface area contributed by atoms with E-state index < -0.39 is 5.25 Å². The summed E-state index contributed by atoms with van der Waals surface area (Å²) in [5.74, 6) is 0.990. The Bertz CT molecular complexity index is 1560. The van der Waals surface area contributed by atoms with Gasteiger partial charge in [0.05, 0.1) is 30.7 Å². The van der Waals surface area contributed by atoms with Crippen LogP contribution in [-0.2, 0) is 4.79 Å². The molecule has 0 aliphatic carbocycles. The van der Waals surface area contributed by atoms with Crippen LogP contribution in [0.15, 0.2) is 71.8 Å². The monoisotopic (exact) mass is 537 g/mol. The van der Waals surface area contributed by atoms with Gasteiger partial charge in [0.15, 0.2) is 11.5 Å². The van der Waals surface area contributed by atoms with Gasteiger partial charge in [-0.2, -0.15) is 5.26 Å². The Balaban J connectivity index is 1.77. The average Bonchev–Trinajstić information content (AvgIpc) is 2.94. The minimum absolute atomic E-state index is 0.164. The van der Waals surface area contributed by atoms with Gasteiger partial charge >= 0.3 is 0 Å². The van der Waals surface area contributed by atoms with Gasteiger partial charge in [-0.05, 0) is 74.7 Å². The van der Waals surface area contributed by atoms with Gasteiger partial charge in [0.2, 0.25) is 5.91 Å². The quantitative estimate of drug-likeness (QED) is 0.237. The van der Waals surface area contributed by atoms with Gasteiger partial charge in [0.1, 0.15) is 11.1 Å². The van der Waals surface area contributed by atoms with Gasteiger partial charge in [0.25, 0.3) is 0 Å². The summed E-state index contributed by atoms with van der Waals surface area (Å²) < 4.78 is 10.9. The second kappa shape index (κ2) is 12.1. The van der Waals surface area contributed by atoms with Crippen LogP contribution < -0.4 is 14.8 Å². The predicted molar refractivity (Wildman–Crippen MR) is 158 cm³/mol. The number of nitriles is 1. The van der Waals surface area contributed by atoms with E-state index in [1.54, 1.807) is 14.2 Å². The molecule has 0 spiro atoms. The number of methoxy groups -OCH3 is 2. The van der Waals surface area contributed by atoms with Crippen molar-refractivity contribution in [3.63, 3.8) is 0 Å². The summed E-state index contributed by atoms with van der Waals surface area (Å²) in [7, 11) is 3.16. The smallest absolute Gasteiger partial charge is 0.237 e. The first kappa shape index (κ1) is 27.7. The van der Waals surface area contributed by atoms with Crippen LogP contribution >= 0.6 is 11.8 Å². The molecule has 6 nitrogen and oxygen atoms in total. The minimum Gasteiger partial charge on any atom is -0.493 e. The van der Waals surface area contributed by atoms with Crippen LogP contribution in [0.5, 0.6) is 11.5 Å². The summed E-state index contributed by atoms with van der Waals surface area (Å²) >= 11 is 1.27. The van der Waals surface area contributed by atoms with Gasteiger partial charge < -0.3 is 14.8 Å². The molecule has 198 valence electrons. The first-order chi connectivity index (χ1) is 18.7. The second-order valence-electron chi connectivity index (χ2n) is 9.33. The number of thioether (sulfide) groups is 1. The maximum Gasteiger partial charge on any atom is 0.237 e.